The summed E-state index contributed by atoms with van der Waals surface area (Å²) in [5, 5.41) is 3.27. The number of nitrogens with one attached hydrogen (secondary N) is 1. The van der Waals surface area contributed by atoms with Crippen molar-refractivity contribution < 1.29 is 13.9 Å². The van der Waals surface area contributed by atoms with Crippen LogP contribution in [0.15, 0.2) is 55.0 Å². The van der Waals surface area contributed by atoms with Gasteiger partial charge in [-0.25, -0.2) is 9.37 Å². The van der Waals surface area contributed by atoms with Crippen LogP contribution in [-0.2, 0) is 4.79 Å². The number of ether oxygens (including phenoxy) is 1. The quantitative estimate of drug-likeness (QED) is 0.598. The van der Waals surface area contributed by atoms with E-state index in [0.717, 1.165) is 36.5 Å². The number of anilines is 2. The summed E-state index contributed by atoms with van der Waals surface area (Å²) in [6, 6.07) is 9.93. The van der Waals surface area contributed by atoms with Crippen molar-refractivity contribution >= 4 is 17.4 Å². The van der Waals surface area contributed by atoms with Gasteiger partial charge in [0.25, 0.3) is 0 Å². The predicted octanol–water partition coefficient (Wildman–Crippen LogP) is 4.24. The number of piperidine rings is 1. The molecule has 1 aliphatic heterocycles. The van der Waals surface area contributed by atoms with E-state index < -0.39 is 0 Å². The summed E-state index contributed by atoms with van der Waals surface area (Å²) < 4.78 is 18.8. The maximum atomic E-state index is 13.3. The van der Waals surface area contributed by atoms with E-state index in [2.05, 4.69) is 15.3 Å². The van der Waals surface area contributed by atoms with Gasteiger partial charge in [-0.3, -0.25) is 14.8 Å². The van der Waals surface area contributed by atoms with Gasteiger partial charge < -0.3 is 15.0 Å². The summed E-state index contributed by atoms with van der Waals surface area (Å²) in [7, 11) is 0. The summed E-state index contributed by atoms with van der Waals surface area (Å²) in [6.45, 7) is 3.53. The molecule has 4 rings (SSSR count). The zero-order chi connectivity index (χ0) is 22.3. The Morgan fingerprint density at radius 3 is 3.00 bits per heavy atom. The number of aromatic nitrogens is 3. The molecule has 0 radical (unpaired) electrons. The number of nitrogens with zero attached hydrogens (tertiary/aromatic N) is 4. The zero-order valence-corrected chi connectivity index (χ0v) is 18.0. The SMILES string of the molecule is Cc1cc(Nc2cnccn2)cc(C2CCCN(C(=O)CCOc3cccc(F)c3)C2)n1. The van der Waals surface area contributed by atoms with E-state index in [1.54, 1.807) is 30.7 Å². The maximum Gasteiger partial charge on any atom is 0.226 e. The van der Waals surface area contributed by atoms with E-state index in [1.165, 1.54) is 12.1 Å². The van der Waals surface area contributed by atoms with Crippen molar-refractivity contribution in [3.05, 3.63) is 72.2 Å². The fourth-order valence-electron chi connectivity index (χ4n) is 3.90. The fraction of sp³-hybridized carbons (Fsp3) is 0.333. The normalized spacial score (nSPS) is 15.9. The summed E-state index contributed by atoms with van der Waals surface area (Å²) >= 11 is 0. The second kappa shape index (κ2) is 10.2. The first-order chi connectivity index (χ1) is 15.6. The Bertz CT molecular complexity index is 1060. The number of hydrogen-bond acceptors (Lipinski definition) is 6. The summed E-state index contributed by atoms with van der Waals surface area (Å²) in [5.41, 5.74) is 2.77. The van der Waals surface area contributed by atoms with Crippen molar-refractivity contribution in [1.29, 1.82) is 0 Å². The number of rotatable bonds is 7. The molecule has 1 amide bonds. The highest BCUT2D eigenvalue weighted by molar-refractivity contribution is 5.76. The molecule has 166 valence electrons. The molecule has 1 aliphatic rings. The second-order valence-electron chi connectivity index (χ2n) is 7.87. The number of amides is 1. The monoisotopic (exact) mass is 435 g/mol. The summed E-state index contributed by atoms with van der Waals surface area (Å²) in [4.78, 5) is 27.7. The van der Waals surface area contributed by atoms with E-state index in [0.29, 0.717) is 18.1 Å². The molecule has 3 aromatic rings. The Morgan fingerprint density at radius 1 is 1.28 bits per heavy atom. The summed E-state index contributed by atoms with van der Waals surface area (Å²) in [5.74, 6) is 0.951. The Kier molecular flexibility index (Phi) is 6.89. The van der Waals surface area contributed by atoms with Gasteiger partial charge in [-0.1, -0.05) is 6.07 Å². The van der Waals surface area contributed by atoms with Gasteiger partial charge in [0.2, 0.25) is 5.91 Å². The van der Waals surface area contributed by atoms with Gasteiger partial charge in [0, 0.05) is 54.5 Å². The fourth-order valence-corrected chi connectivity index (χ4v) is 3.90. The lowest BCUT2D eigenvalue weighted by Gasteiger charge is -2.33. The molecular formula is C24H26FN5O2. The van der Waals surface area contributed by atoms with Gasteiger partial charge in [-0.15, -0.1) is 0 Å². The minimum atomic E-state index is -0.355. The van der Waals surface area contributed by atoms with E-state index in [9.17, 15) is 9.18 Å². The number of pyridine rings is 1. The number of carbonyl (C=O) groups excluding carboxylic acids is 1. The lowest BCUT2D eigenvalue weighted by molar-refractivity contribution is -0.132. The van der Waals surface area contributed by atoms with Crippen LogP contribution in [0.1, 0.15) is 36.6 Å². The van der Waals surface area contributed by atoms with Gasteiger partial charge in [-0.2, -0.15) is 0 Å². The van der Waals surface area contributed by atoms with Crippen LogP contribution in [0.2, 0.25) is 0 Å². The Balaban J connectivity index is 1.36. The highest BCUT2D eigenvalue weighted by Crippen LogP contribution is 2.29. The Hall–Kier alpha value is -3.55. The first-order valence-electron chi connectivity index (χ1n) is 10.7. The van der Waals surface area contributed by atoms with Crippen LogP contribution < -0.4 is 10.1 Å². The van der Waals surface area contributed by atoms with Crippen LogP contribution in [0.3, 0.4) is 0 Å². The third-order valence-electron chi connectivity index (χ3n) is 5.38. The number of aryl methyl sites for hydroxylation is 1. The molecule has 0 saturated carbocycles. The molecule has 0 spiro atoms. The standard InChI is InChI=1S/C24H26FN5O2/c1-17-12-20(29-23-15-26-8-9-27-23)14-22(28-17)18-4-3-10-30(16-18)24(31)7-11-32-21-6-2-5-19(25)13-21/h2,5-6,8-9,12-15,18H,3-4,7,10-11,16H2,1H3,(H,27,28,29). The molecule has 1 N–H and O–H groups in total. The molecular weight excluding hydrogens is 409 g/mol. The molecule has 0 aliphatic carbocycles. The van der Waals surface area contributed by atoms with E-state index >= 15 is 0 Å². The second-order valence-corrected chi connectivity index (χ2v) is 7.87. The van der Waals surface area contributed by atoms with E-state index in [-0.39, 0.29) is 30.7 Å². The third-order valence-corrected chi connectivity index (χ3v) is 5.38. The average molecular weight is 436 g/mol. The van der Waals surface area contributed by atoms with Crippen molar-refractivity contribution in [3.8, 4) is 5.75 Å². The van der Waals surface area contributed by atoms with Crippen molar-refractivity contribution in [3.63, 3.8) is 0 Å². The summed E-state index contributed by atoms with van der Waals surface area (Å²) in [6.07, 6.45) is 7.09. The molecule has 3 heterocycles. The zero-order valence-electron chi connectivity index (χ0n) is 18.0. The van der Waals surface area contributed by atoms with E-state index in [4.69, 9.17) is 9.72 Å². The first-order valence-corrected chi connectivity index (χ1v) is 10.7. The predicted molar refractivity (Wildman–Crippen MR) is 119 cm³/mol. The van der Waals surface area contributed by atoms with Crippen molar-refractivity contribution in [2.24, 2.45) is 0 Å². The van der Waals surface area contributed by atoms with Crippen LogP contribution in [0.5, 0.6) is 5.75 Å². The Morgan fingerprint density at radius 2 is 2.19 bits per heavy atom. The lowest BCUT2D eigenvalue weighted by Crippen LogP contribution is -2.39. The molecule has 1 atom stereocenters. The smallest absolute Gasteiger partial charge is 0.226 e. The number of halogens is 1. The first kappa shape index (κ1) is 21.7. The van der Waals surface area contributed by atoms with Crippen LogP contribution in [-0.4, -0.2) is 45.5 Å². The van der Waals surface area contributed by atoms with Gasteiger partial charge in [0.1, 0.15) is 17.4 Å². The van der Waals surface area contributed by atoms with Gasteiger partial charge >= 0.3 is 0 Å². The minimum absolute atomic E-state index is 0.0386. The lowest BCUT2D eigenvalue weighted by atomic mass is 9.93. The minimum Gasteiger partial charge on any atom is -0.493 e. The highest BCUT2D eigenvalue weighted by atomic mass is 19.1. The van der Waals surface area contributed by atoms with Crippen LogP contribution in [0, 0.1) is 12.7 Å². The molecule has 7 nitrogen and oxygen atoms in total. The molecule has 1 saturated heterocycles. The van der Waals surface area contributed by atoms with Crippen LogP contribution in [0.4, 0.5) is 15.9 Å². The maximum absolute atomic E-state index is 13.3. The van der Waals surface area contributed by atoms with Crippen LogP contribution >= 0.6 is 0 Å². The van der Waals surface area contributed by atoms with Crippen molar-refractivity contribution in [1.82, 2.24) is 19.9 Å². The van der Waals surface area contributed by atoms with Gasteiger partial charge in [-0.05, 0) is 44.0 Å². The molecule has 32 heavy (non-hydrogen) atoms. The number of carbonyl (C=O) groups is 1. The van der Waals surface area contributed by atoms with Crippen LogP contribution in [0.25, 0.3) is 0 Å². The Labute approximate surface area is 186 Å². The highest BCUT2D eigenvalue weighted by Gasteiger charge is 2.26. The number of benzene rings is 1. The van der Waals surface area contributed by atoms with Gasteiger partial charge in [0.15, 0.2) is 0 Å². The molecule has 1 unspecified atom stereocenters. The molecule has 8 heteroatoms. The van der Waals surface area contributed by atoms with Crippen molar-refractivity contribution in [2.75, 3.05) is 25.0 Å². The van der Waals surface area contributed by atoms with E-state index in [1.807, 2.05) is 24.0 Å². The topological polar surface area (TPSA) is 80.2 Å². The largest absolute Gasteiger partial charge is 0.493 e. The molecule has 0 bridgehead atoms. The third kappa shape index (κ3) is 5.78. The molecule has 2 aromatic heterocycles. The number of hydrogen-bond donors (Lipinski definition) is 1. The molecule has 1 fully saturated rings. The van der Waals surface area contributed by atoms with Crippen molar-refractivity contribution in [2.45, 2.75) is 32.1 Å². The molecule has 1 aromatic carbocycles. The number of likely N-dealkylation sites (tertiary alicyclic amines) is 1. The van der Waals surface area contributed by atoms with Gasteiger partial charge in [0.05, 0.1) is 19.2 Å². The average Bonchev–Trinajstić information content (AvgIpc) is 2.79.